The molecular formula is C18H25N3O. The van der Waals surface area contributed by atoms with Gasteiger partial charge in [0.1, 0.15) is 18.7 Å². The molecule has 1 aromatic carbocycles. The molecule has 1 unspecified atom stereocenters. The summed E-state index contributed by atoms with van der Waals surface area (Å²) in [7, 11) is 0. The van der Waals surface area contributed by atoms with Crippen LogP contribution in [0.2, 0.25) is 0 Å². The predicted octanol–water partition coefficient (Wildman–Crippen LogP) is 3.59. The van der Waals surface area contributed by atoms with Crippen molar-refractivity contribution in [1.82, 2.24) is 9.97 Å². The predicted molar refractivity (Wildman–Crippen MR) is 89.7 cm³/mol. The molecular weight excluding hydrogens is 274 g/mol. The molecule has 0 bridgehead atoms. The molecule has 0 fully saturated rings. The second-order valence-corrected chi connectivity index (χ2v) is 6.62. The van der Waals surface area contributed by atoms with Gasteiger partial charge >= 0.3 is 0 Å². The lowest BCUT2D eigenvalue weighted by atomic mass is 9.93. The first-order valence-corrected chi connectivity index (χ1v) is 7.66. The van der Waals surface area contributed by atoms with Gasteiger partial charge in [0, 0.05) is 17.3 Å². The number of ether oxygens (including phenoxy) is 1. The molecule has 0 saturated heterocycles. The Bertz CT molecular complexity index is 609. The molecule has 4 nitrogen and oxygen atoms in total. The van der Waals surface area contributed by atoms with E-state index in [1.807, 2.05) is 32.0 Å². The zero-order valence-electron chi connectivity index (χ0n) is 13.8. The lowest BCUT2D eigenvalue weighted by Gasteiger charge is -2.27. The Morgan fingerprint density at radius 1 is 1.27 bits per heavy atom. The van der Waals surface area contributed by atoms with Crippen LogP contribution in [0.25, 0.3) is 11.3 Å². The molecule has 1 heterocycles. The van der Waals surface area contributed by atoms with E-state index >= 15 is 0 Å². The van der Waals surface area contributed by atoms with E-state index in [9.17, 15) is 0 Å². The van der Waals surface area contributed by atoms with Crippen molar-refractivity contribution >= 4 is 0 Å². The van der Waals surface area contributed by atoms with Crippen molar-refractivity contribution in [2.45, 2.75) is 39.7 Å². The third-order valence-electron chi connectivity index (χ3n) is 3.48. The first-order valence-electron chi connectivity index (χ1n) is 7.66. The van der Waals surface area contributed by atoms with E-state index in [2.05, 4.69) is 29.9 Å². The van der Waals surface area contributed by atoms with Gasteiger partial charge in [-0.2, -0.15) is 0 Å². The van der Waals surface area contributed by atoms with Gasteiger partial charge in [0.05, 0.1) is 5.69 Å². The Kier molecular flexibility index (Phi) is 5.14. The maximum Gasteiger partial charge on any atom is 0.122 e. The molecule has 0 aliphatic rings. The van der Waals surface area contributed by atoms with Gasteiger partial charge in [0.2, 0.25) is 0 Å². The average Bonchev–Trinajstić information content (AvgIpc) is 2.45. The molecule has 1 aromatic heterocycles. The summed E-state index contributed by atoms with van der Waals surface area (Å²) < 4.78 is 5.94. The Morgan fingerprint density at radius 2 is 2.05 bits per heavy atom. The zero-order chi connectivity index (χ0) is 16.2. The van der Waals surface area contributed by atoms with Crippen LogP contribution >= 0.6 is 0 Å². The number of benzene rings is 1. The zero-order valence-corrected chi connectivity index (χ0v) is 13.8. The van der Waals surface area contributed by atoms with Gasteiger partial charge < -0.3 is 10.5 Å². The molecule has 4 heteroatoms. The number of aromatic nitrogens is 2. The van der Waals surface area contributed by atoms with Crippen molar-refractivity contribution in [3.05, 3.63) is 42.4 Å². The number of hydrogen-bond acceptors (Lipinski definition) is 4. The van der Waals surface area contributed by atoms with Crippen LogP contribution in [-0.4, -0.2) is 22.1 Å². The summed E-state index contributed by atoms with van der Waals surface area (Å²) in [6, 6.07) is 7.97. The van der Waals surface area contributed by atoms with E-state index in [4.69, 9.17) is 10.5 Å². The average molecular weight is 299 g/mol. The van der Waals surface area contributed by atoms with Gasteiger partial charge in [-0.25, -0.2) is 9.97 Å². The number of nitrogens with two attached hydrogens (primary N) is 1. The molecule has 2 N–H and O–H groups in total. The summed E-state index contributed by atoms with van der Waals surface area (Å²) in [4.78, 5) is 8.21. The van der Waals surface area contributed by atoms with Crippen molar-refractivity contribution < 1.29 is 4.74 Å². The fourth-order valence-electron chi connectivity index (χ4n) is 2.67. The fraction of sp³-hybridized carbons (Fsp3) is 0.444. The highest BCUT2D eigenvalue weighted by atomic mass is 16.5. The smallest absolute Gasteiger partial charge is 0.122 e. The van der Waals surface area contributed by atoms with Gasteiger partial charge in [-0.05, 0) is 56.0 Å². The minimum atomic E-state index is -0.314. The number of nitrogens with zero attached hydrogens (tertiary/aromatic N) is 2. The monoisotopic (exact) mass is 299 g/mol. The van der Waals surface area contributed by atoms with Gasteiger partial charge in [0.25, 0.3) is 0 Å². The lowest BCUT2D eigenvalue weighted by Crippen LogP contribution is -2.43. The number of rotatable bonds is 6. The van der Waals surface area contributed by atoms with E-state index in [-0.39, 0.29) is 5.54 Å². The van der Waals surface area contributed by atoms with Gasteiger partial charge in [-0.1, -0.05) is 13.8 Å². The van der Waals surface area contributed by atoms with Crippen molar-refractivity contribution in [2.75, 3.05) is 6.61 Å². The van der Waals surface area contributed by atoms with Crippen molar-refractivity contribution in [2.24, 2.45) is 11.7 Å². The maximum absolute atomic E-state index is 6.29. The summed E-state index contributed by atoms with van der Waals surface area (Å²) in [6.45, 7) is 8.94. The summed E-state index contributed by atoms with van der Waals surface area (Å²) in [6.07, 6.45) is 4.24. The Balaban J connectivity index is 2.08. The molecule has 2 aromatic rings. The van der Waals surface area contributed by atoms with E-state index < -0.39 is 0 Å². The van der Waals surface area contributed by atoms with E-state index in [1.165, 1.54) is 0 Å². The Morgan fingerprint density at radius 3 is 2.64 bits per heavy atom. The van der Waals surface area contributed by atoms with Gasteiger partial charge in [-0.15, -0.1) is 0 Å². The minimum Gasteiger partial charge on any atom is -0.491 e. The third-order valence-corrected chi connectivity index (χ3v) is 3.48. The van der Waals surface area contributed by atoms with Crippen molar-refractivity contribution in [3.8, 4) is 17.0 Å². The fourth-order valence-corrected chi connectivity index (χ4v) is 2.67. The Hall–Kier alpha value is -1.94. The van der Waals surface area contributed by atoms with Crippen LogP contribution in [0, 0.1) is 12.8 Å². The van der Waals surface area contributed by atoms with E-state index in [1.54, 1.807) is 12.5 Å². The third kappa shape index (κ3) is 4.53. The summed E-state index contributed by atoms with van der Waals surface area (Å²) in [5.41, 5.74) is 9.03. The lowest BCUT2D eigenvalue weighted by molar-refractivity contribution is 0.206. The minimum absolute atomic E-state index is 0.314. The topological polar surface area (TPSA) is 61.0 Å². The van der Waals surface area contributed by atoms with Gasteiger partial charge in [0.15, 0.2) is 0 Å². The molecule has 1 atom stereocenters. The molecule has 0 amide bonds. The molecule has 118 valence electrons. The molecule has 0 radical (unpaired) electrons. The number of hydrogen-bond donors (Lipinski definition) is 1. The maximum atomic E-state index is 6.29. The second kappa shape index (κ2) is 6.88. The summed E-state index contributed by atoms with van der Waals surface area (Å²) >= 11 is 0. The van der Waals surface area contributed by atoms with Crippen LogP contribution in [0.15, 0.2) is 36.8 Å². The summed E-state index contributed by atoms with van der Waals surface area (Å²) in [5, 5.41) is 0. The second-order valence-electron chi connectivity index (χ2n) is 6.62. The van der Waals surface area contributed by atoms with E-state index in [0.29, 0.717) is 12.5 Å². The molecule has 0 aliphatic carbocycles. The Labute approximate surface area is 132 Å². The number of aryl methyl sites for hydroxylation is 1. The van der Waals surface area contributed by atoms with Crippen LogP contribution in [-0.2, 0) is 0 Å². The van der Waals surface area contributed by atoms with Crippen LogP contribution in [0.5, 0.6) is 5.75 Å². The molecule has 2 rings (SSSR count). The van der Waals surface area contributed by atoms with Crippen LogP contribution in [0.1, 0.15) is 32.8 Å². The highest BCUT2D eigenvalue weighted by Gasteiger charge is 2.21. The highest BCUT2D eigenvalue weighted by molar-refractivity contribution is 5.61. The standard InChI is InChI=1S/C18H25N3O/c1-13(2)10-18(4,19)11-22-17-6-5-15(9-14(17)3)16-7-8-20-12-21-16/h5-9,12-13H,10-11,19H2,1-4H3. The highest BCUT2D eigenvalue weighted by Crippen LogP contribution is 2.26. The van der Waals surface area contributed by atoms with Crippen molar-refractivity contribution in [3.63, 3.8) is 0 Å². The normalized spacial score (nSPS) is 13.9. The van der Waals surface area contributed by atoms with E-state index in [0.717, 1.165) is 29.0 Å². The molecule has 0 saturated carbocycles. The molecule has 0 aliphatic heterocycles. The van der Waals surface area contributed by atoms with Crippen LogP contribution < -0.4 is 10.5 Å². The largest absolute Gasteiger partial charge is 0.491 e. The van der Waals surface area contributed by atoms with Crippen molar-refractivity contribution in [1.29, 1.82) is 0 Å². The molecule has 22 heavy (non-hydrogen) atoms. The van der Waals surface area contributed by atoms with Crippen LogP contribution in [0.3, 0.4) is 0 Å². The first-order chi connectivity index (χ1) is 10.4. The molecule has 0 spiro atoms. The summed E-state index contributed by atoms with van der Waals surface area (Å²) in [5.74, 6) is 1.43. The first kappa shape index (κ1) is 16.4. The quantitative estimate of drug-likeness (QED) is 0.885. The SMILES string of the molecule is Cc1cc(-c2ccncn2)ccc1OCC(C)(N)CC(C)C. The van der Waals surface area contributed by atoms with Crippen LogP contribution in [0.4, 0.5) is 0 Å². The van der Waals surface area contributed by atoms with Gasteiger partial charge in [-0.3, -0.25) is 0 Å².